The van der Waals surface area contributed by atoms with Gasteiger partial charge in [-0.05, 0) is 35.9 Å². The summed E-state index contributed by atoms with van der Waals surface area (Å²) in [5.74, 6) is 0.252. The van der Waals surface area contributed by atoms with Crippen molar-refractivity contribution in [2.75, 3.05) is 5.32 Å². The second kappa shape index (κ2) is 8.65. The molecule has 0 aliphatic rings. The van der Waals surface area contributed by atoms with Gasteiger partial charge in [0, 0.05) is 15.7 Å². The van der Waals surface area contributed by atoms with Crippen LogP contribution in [-0.4, -0.2) is 11.0 Å². The fourth-order valence-electron chi connectivity index (χ4n) is 2.50. The number of aliphatic hydroxyl groups is 1. The zero-order valence-electron chi connectivity index (χ0n) is 14.0. The molecule has 0 aliphatic heterocycles. The summed E-state index contributed by atoms with van der Waals surface area (Å²) in [6.07, 6.45) is 0. The van der Waals surface area contributed by atoms with Crippen molar-refractivity contribution in [2.24, 2.45) is 0 Å². The first kappa shape index (κ1) is 18.2. The Kier molecular flexibility index (Phi) is 6.04. The minimum Gasteiger partial charge on any atom is -0.488 e. The zero-order chi connectivity index (χ0) is 18.4. The average molecular weight is 412 g/mol. The molecule has 3 rings (SSSR count). The molecule has 0 saturated heterocycles. The molecule has 0 aliphatic carbocycles. The Morgan fingerprint density at radius 3 is 2.58 bits per heavy atom. The van der Waals surface area contributed by atoms with Gasteiger partial charge in [0.25, 0.3) is 5.91 Å². The van der Waals surface area contributed by atoms with E-state index in [1.807, 2.05) is 30.3 Å². The van der Waals surface area contributed by atoms with Gasteiger partial charge in [0.2, 0.25) is 0 Å². The van der Waals surface area contributed by atoms with E-state index in [1.165, 1.54) is 0 Å². The molecule has 0 heterocycles. The lowest BCUT2D eigenvalue weighted by Crippen LogP contribution is -2.14. The Morgan fingerprint density at radius 2 is 1.77 bits per heavy atom. The Labute approximate surface area is 160 Å². The molecule has 5 heteroatoms. The first-order chi connectivity index (χ1) is 12.7. The van der Waals surface area contributed by atoms with E-state index in [-0.39, 0.29) is 12.5 Å². The van der Waals surface area contributed by atoms with Crippen LogP contribution in [0.3, 0.4) is 0 Å². The van der Waals surface area contributed by atoms with Crippen LogP contribution in [0.2, 0.25) is 0 Å². The molecule has 132 valence electrons. The number of carbonyl (C=O) groups excluding carboxylic acids is 1. The number of rotatable bonds is 6. The number of halogens is 1. The van der Waals surface area contributed by atoms with E-state index in [9.17, 15) is 9.90 Å². The van der Waals surface area contributed by atoms with Crippen LogP contribution in [0.5, 0.6) is 5.75 Å². The molecule has 0 bridgehead atoms. The molecule has 3 aromatic carbocycles. The van der Waals surface area contributed by atoms with Crippen molar-refractivity contribution in [3.63, 3.8) is 0 Å². The van der Waals surface area contributed by atoms with E-state index in [0.717, 1.165) is 15.6 Å². The minimum atomic E-state index is -0.261. The van der Waals surface area contributed by atoms with Crippen molar-refractivity contribution < 1.29 is 14.6 Å². The number of benzene rings is 3. The maximum atomic E-state index is 12.6. The van der Waals surface area contributed by atoms with E-state index in [1.54, 1.807) is 42.5 Å². The maximum Gasteiger partial charge on any atom is 0.259 e. The molecule has 4 nitrogen and oxygen atoms in total. The van der Waals surface area contributed by atoms with Crippen molar-refractivity contribution >= 4 is 27.5 Å². The standard InChI is InChI=1S/C21H18BrNO3/c22-19-10-3-1-7-16(19)14-26-20-11-4-2-9-18(20)21(25)23-17-8-5-6-15(12-17)13-24/h1-12,24H,13-14H2,(H,23,25). The van der Waals surface area contributed by atoms with Gasteiger partial charge in [-0.1, -0.05) is 58.4 Å². The van der Waals surface area contributed by atoms with Gasteiger partial charge in [-0.15, -0.1) is 0 Å². The van der Waals surface area contributed by atoms with E-state index in [4.69, 9.17) is 4.74 Å². The predicted octanol–water partition coefficient (Wildman–Crippen LogP) is 4.77. The Morgan fingerprint density at radius 1 is 1.00 bits per heavy atom. The van der Waals surface area contributed by atoms with Gasteiger partial charge in [0.1, 0.15) is 12.4 Å². The van der Waals surface area contributed by atoms with E-state index in [2.05, 4.69) is 21.2 Å². The Hall–Kier alpha value is -2.63. The molecule has 0 atom stereocenters. The third-order valence-corrected chi connectivity index (χ3v) is 4.61. The number of carbonyl (C=O) groups is 1. The van der Waals surface area contributed by atoms with Gasteiger partial charge in [0.05, 0.1) is 12.2 Å². The van der Waals surface area contributed by atoms with Gasteiger partial charge in [-0.25, -0.2) is 0 Å². The van der Waals surface area contributed by atoms with Crippen LogP contribution in [-0.2, 0) is 13.2 Å². The highest BCUT2D eigenvalue weighted by Crippen LogP contribution is 2.23. The number of amides is 1. The lowest BCUT2D eigenvalue weighted by molar-refractivity contribution is 0.102. The largest absolute Gasteiger partial charge is 0.488 e. The minimum absolute atomic E-state index is 0.0740. The normalized spacial score (nSPS) is 10.4. The highest BCUT2D eigenvalue weighted by molar-refractivity contribution is 9.10. The van der Waals surface area contributed by atoms with Crippen LogP contribution in [0.25, 0.3) is 0 Å². The first-order valence-electron chi connectivity index (χ1n) is 8.14. The van der Waals surface area contributed by atoms with E-state index >= 15 is 0 Å². The van der Waals surface area contributed by atoms with Gasteiger partial charge in [0.15, 0.2) is 0 Å². The second-order valence-corrected chi connectivity index (χ2v) is 6.54. The number of hydrogen-bond acceptors (Lipinski definition) is 3. The second-order valence-electron chi connectivity index (χ2n) is 5.69. The van der Waals surface area contributed by atoms with E-state index < -0.39 is 0 Å². The highest BCUT2D eigenvalue weighted by Gasteiger charge is 2.13. The van der Waals surface area contributed by atoms with Gasteiger partial charge < -0.3 is 15.2 Å². The lowest BCUT2D eigenvalue weighted by atomic mass is 10.1. The van der Waals surface area contributed by atoms with Crippen molar-refractivity contribution in [3.05, 3.63) is 94.0 Å². The first-order valence-corrected chi connectivity index (χ1v) is 8.93. The molecular weight excluding hydrogens is 394 g/mol. The predicted molar refractivity (Wildman–Crippen MR) is 105 cm³/mol. The molecule has 3 aromatic rings. The number of aliphatic hydroxyl groups excluding tert-OH is 1. The molecule has 2 N–H and O–H groups in total. The molecule has 0 saturated carbocycles. The van der Waals surface area contributed by atoms with Gasteiger partial charge in [-0.3, -0.25) is 4.79 Å². The summed E-state index contributed by atoms with van der Waals surface area (Å²) in [4.78, 5) is 12.6. The summed E-state index contributed by atoms with van der Waals surface area (Å²) >= 11 is 3.50. The molecule has 0 radical (unpaired) electrons. The smallest absolute Gasteiger partial charge is 0.259 e. The van der Waals surface area contributed by atoms with Crippen LogP contribution in [0, 0.1) is 0 Å². The number of nitrogens with one attached hydrogen (secondary N) is 1. The molecule has 0 spiro atoms. The number of ether oxygens (including phenoxy) is 1. The summed E-state index contributed by atoms with van der Waals surface area (Å²) in [5.41, 5.74) is 2.82. The molecular formula is C21H18BrNO3. The number of hydrogen-bond donors (Lipinski definition) is 2. The highest BCUT2D eigenvalue weighted by atomic mass is 79.9. The monoisotopic (exact) mass is 411 g/mol. The van der Waals surface area contributed by atoms with Crippen molar-refractivity contribution in [1.82, 2.24) is 0 Å². The molecule has 26 heavy (non-hydrogen) atoms. The van der Waals surface area contributed by atoms with Crippen LogP contribution >= 0.6 is 15.9 Å². The summed E-state index contributed by atoms with van der Waals surface area (Å²) in [7, 11) is 0. The zero-order valence-corrected chi connectivity index (χ0v) is 15.6. The fourth-order valence-corrected chi connectivity index (χ4v) is 2.90. The van der Waals surface area contributed by atoms with Crippen LogP contribution < -0.4 is 10.1 Å². The SMILES string of the molecule is O=C(Nc1cccc(CO)c1)c1ccccc1OCc1ccccc1Br. The maximum absolute atomic E-state index is 12.6. The molecule has 1 amide bonds. The summed E-state index contributed by atoms with van der Waals surface area (Å²) < 4.78 is 6.84. The molecule has 0 fully saturated rings. The Bertz CT molecular complexity index is 911. The molecule has 0 aromatic heterocycles. The van der Waals surface area contributed by atoms with Crippen molar-refractivity contribution in [2.45, 2.75) is 13.2 Å². The van der Waals surface area contributed by atoms with Crippen molar-refractivity contribution in [3.8, 4) is 5.75 Å². The topological polar surface area (TPSA) is 58.6 Å². The van der Waals surface area contributed by atoms with Crippen LogP contribution in [0.4, 0.5) is 5.69 Å². The van der Waals surface area contributed by atoms with Crippen LogP contribution in [0.15, 0.2) is 77.3 Å². The van der Waals surface area contributed by atoms with E-state index in [0.29, 0.717) is 23.6 Å². The summed E-state index contributed by atoms with van der Waals surface area (Å²) in [6.45, 7) is 0.279. The number of para-hydroxylation sites is 1. The average Bonchev–Trinajstić information content (AvgIpc) is 2.67. The van der Waals surface area contributed by atoms with Gasteiger partial charge >= 0.3 is 0 Å². The van der Waals surface area contributed by atoms with Gasteiger partial charge in [-0.2, -0.15) is 0 Å². The third-order valence-electron chi connectivity index (χ3n) is 3.84. The lowest BCUT2D eigenvalue weighted by Gasteiger charge is -2.13. The molecule has 0 unspecified atom stereocenters. The quantitative estimate of drug-likeness (QED) is 0.613. The van der Waals surface area contributed by atoms with Crippen LogP contribution in [0.1, 0.15) is 21.5 Å². The Balaban J connectivity index is 1.75. The number of anilines is 1. The fraction of sp³-hybridized carbons (Fsp3) is 0.0952. The third kappa shape index (κ3) is 4.50. The summed E-state index contributed by atoms with van der Waals surface area (Å²) in [6, 6.07) is 22.0. The summed E-state index contributed by atoms with van der Waals surface area (Å²) in [5, 5.41) is 12.1. The van der Waals surface area contributed by atoms with Crippen molar-refractivity contribution in [1.29, 1.82) is 0 Å².